The Kier molecular flexibility index (Phi) is 3.43. The molecule has 0 fully saturated rings. The van der Waals surface area contributed by atoms with Gasteiger partial charge in [-0.05, 0) is 25.6 Å². The average molecular weight is 280 g/mol. The van der Waals surface area contributed by atoms with Crippen LogP contribution in [0.25, 0.3) is 0 Å². The number of carbonyl (C=O) groups is 1. The van der Waals surface area contributed by atoms with Crippen LogP contribution in [0, 0.1) is 13.8 Å². The Morgan fingerprint density at radius 1 is 1.47 bits per heavy atom. The zero-order valence-electron chi connectivity index (χ0n) is 10.6. The lowest BCUT2D eigenvalue weighted by atomic mass is 10.3. The zero-order chi connectivity index (χ0) is 14.2. The highest BCUT2D eigenvalue weighted by molar-refractivity contribution is 7.99. The highest BCUT2D eigenvalue weighted by Crippen LogP contribution is 2.28. The monoisotopic (exact) mass is 280 g/mol. The fourth-order valence-electron chi connectivity index (χ4n) is 1.69. The summed E-state index contributed by atoms with van der Waals surface area (Å²) in [7, 11) is 1.65. The number of rotatable bonds is 3. The first-order valence-corrected chi connectivity index (χ1v) is 6.23. The summed E-state index contributed by atoms with van der Waals surface area (Å²) in [5.41, 5.74) is 0.844. The molecule has 2 N–H and O–H groups in total. The van der Waals surface area contributed by atoms with Crippen molar-refractivity contribution in [2.45, 2.75) is 24.0 Å². The van der Waals surface area contributed by atoms with E-state index in [9.17, 15) is 14.7 Å². The molecule has 2 aromatic rings. The molecule has 0 aliphatic rings. The number of nitrogens with one attached hydrogen (secondary N) is 1. The Hall–Kier alpha value is -2.09. The van der Waals surface area contributed by atoms with E-state index in [-0.39, 0.29) is 11.1 Å². The highest BCUT2D eigenvalue weighted by Gasteiger charge is 2.21. The van der Waals surface area contributed by atoms with Crippen LogP contribution in [0.2, 0.25) is 0 Å². The molecule has 0 aromatic carbocycles. The van der Waals surface area contributed by atoms with Gasteiger partial charge in [-0.15, -0.1) is 0 Å². The lowest BCUT2D eigenvalue weighted by Gasteiger charge is -2.03. The molecule has 2 rings (SSSR count). The molecular formula is C11H12N4O3S. The number of nitrogens with zero attached hydrogens (tertiary/aromatic N) is 3. The van der Waals surface area contributed by atoms with Gasteiger partial charge >= 0.3 is 5.97 Å². The molecule has 8 heteroatoms. The van der Waals surface area contributed by atoms with Crippen LogP contribution in [0.3, 0.4) is 0 Å². The van der Waals surface area contributed by atoms with Crippen LogP contribution >= 0.6 is 11.8 Å². The van der Waals surface area contributed by atoms with E-state index in [0.29, 0.717) is 21.6 Å². The second-order valence-electron chi connectivity index (χ2n) is 3.99. The van der Waals surface area contributed by atoms with E-state index in [1.165, 1.54) is 10.7 Å². The van der Waals surface area contributed by atoms with Gasteiger partial charge in [0.15, 0.2) is 5.16 Å². The highest BCUT2D eigenvalue weighted by atomic mass is 32.2. The number of hydrogen-bond acceptors (Lipinski definition) is 5. The maximum atomic E-state index is 11.4. The lowest BCUT2D eigenvalue weighted by molar-refractivity contribution is 0.0692. The Bertz CT molecular complexity index is 704. The normalized spacial score (nSPS) is 10.7. The van der Waals surface area contributed by atoms with Crippen LogP contribution in [-0.2, 0) is 7.05 Å². The number of carboxylic acid groups (broad SMARTS) is 1. The third-order valence-electron chi connectivity index (χ3n) is 2.42. The van der Waals surface area contributed by atoms with Crippen molar-refractivity contribution in [3.63, 3.8) is 0 Å². The maximum Gasteiger partial charge on any atom is 0.340 e. The second kappa shape index (κ2) is 4.88. The summed E-state index contributed by atoms with van der Waals surface area (Å²) in [5, 5.41) is 14.0. The fraction of sp³-hybridized carbons (Fsp3) is 0.273. The van der Waals surface area contributed by atoms with Gasteiger partial charge in [-0.3, -0.25) is 9.48 Å². The Labute approximate surface area is 112 Å². The van der Waals surface area contributed by atoms with Crippen molar-refractivity contribution >= 4 is 17.7 Å². The smallest absolute Gasteiger partial charge is 0.340 e. The summed E-state index contributed by atoms with van der Waals surface area (Å²) in [6.07, 6.45) is 0. The molecule has 0 aliphatic heterocycles. The van der Waals surface area contributed by atoms with Crippen molar-refractivity contribution in [2.24, 2.45) is 7.05 Å². The molecule has 0 saturated carbocycles. The van der Waals surface area contributed by atoms with E-state index >= 15 is 0 Å². The van der Waals surface area contributed by atoms with Gasteiger partial charge in [0.1, 0.15) is 10.6 Å². The van der Waals surface area contributed by atoms with Gasteiger partial charge in [-0.25, -0.2) is 9.78 Å². The molecule has 0 saturated heterocycles. The van der Waals surface area contributed by atoms with Crippen LogP contribution in [0.15, 0.2) is 21.0 Å². The largest absolute Gasteiger partial charge is 0.478 e. The average Bonchev–Trinajstić information content (AvgIpc) is 2.52. The quantitative estimate of drug-likeness (QED) is 0.812. The van der Waals surface area contributed by atoms with Gasteiger partial charge in [0, 0.05) is 18.8 Å². The molecule has 2 heterocycles. The van der Waals surface area contributed by atoms with Crippen LogP contribution in [0.4, 0.5) is 0 Å². The first kappa shape index (κ1) is 13.3. The fourth-order valence-corrected chi connectivity index (χ4v) is 2.73. The molecule has 19 heavy (non-hydrogen) atoms. The van der Waals surface area contributed by atoms with E-state index in [2.05, 4.69) is 15.1 Å². The molecular weight excluding hydrogens is 268 g/mol. The van der Waals surface area contributed by atoms with Crippen molar-refractivity contribution in [1.82, 2.24) is 19.7 Å². The molecule has 0 radical (unpaired) electrons. The topological polar surface area (TPSA) is 101 Å². The summed E-state index contributed by atoms with van der Waals surface area (Å²) >= 11 is 1.07. The van der Waals surface area contributed by atoms with Crippen molar-refractivity contribution in [3.8, 4) is 0 Å². The molecule has 100 valence electrons. The number of aromatic carboxylic acids is 1. The Balaban J connectivity index is 2.49. The molecule has 0 bridgehead atoms. The van der Waals surface area contributed by atoms with Crippen molar-refractivity contribution in [1.29, 1.82) is 0 Å². The molecule has 0 amide bonds. The van der Waals surface area contributed by atoms with Gasteiger partial charge in [-0.2, -0.15) is 5.10 Å². The SMILES string of the molecule is Cc1cc(=O)[nH]c(Sc2c(C(=O)O)c(C)nn2C)n1. The summed E-state index contributed by atoms with van der Waals surface area (Å²) in [6, 6.07) is 1.37. The summed E-state index contributed by atoms with van der Waals surface area (Å²) < 4.78 is 1.46. The van der Waals surface area contributed by atoms with Crippen LogP contribution < -0.4 is 5.56 Å². The predicted octanol–water partition coefficient (Wildman–Crippen LogP) is 0.970. The molecule has 7 nitrogen and oxygen atoms in total. The third-order valence-corrected chi connectivity index (χ3v) is 3.47. The predicted molar refractivity (Wildman–Crippen MR) is 68.6 cm³/mol. The van der Waals surface area contributed by atoms with E-state index in [1.54, 1.807) is 20.9 Å². The van der Waals surface area contributed by atoms with Crippen molar-refractivity contribution in [2.75, 3.05) is 0 Å². The number of aryl methyl sites for hydroxylation is 3. The first-order chi connectivity index (χ1) is 8.88. The molecule has 0 unspecified atom stereocenters. The van der Waals surface area contributed by atoms with Crippen molar-refractivity contribution in [3.05, 3.63) is 33.4 Å². The van der Waals surface area contributed by atoms with Gasteiger partial charge < -0.3 is 10.1 Å². The first-order valence-electron chi connectivity index (χ1n) is 5.41. The minimum Gasteiger partial charge on any atom is -0.478 e. The van der Waals surface area contributed by atoms with E-state index in [1.807, 2.05) is 0 Å². The zero-order valence-corrected chi connectivity index (χ0v) is 11.4. The second-order valence-corrected chi connectivity index (χ2v) is 4.97. The Morgan fingerprint density at radius 3 is 2.74 bits per heavy atom. The maximum absolute atomic E-state index is 11.4. The Morgan fingerprint density at radius 2 is 2.16 bits per heavy atom. The molecule has 0 atom stereocenters. The van der Waals surface area contributed by atoms with E-state index in [4.69, 9.17) is 0 Å². The number of carboxylic acids is 1. The van der Waals surface area contributed by atoms with Gasteiger partial charge in [0.05, 0.1) is 5.69 Å². The van der Waals surface area contributed by atoms with Crippen LogP contribution in [0.5, 0.6) is 0 Å². The van der Waals surface area contributed by atoms with Crippen LogP contribution in [-0.4, -0.2) is 30.8 Å². The third kappa shape index (κ3) is 2.68. The summed E-state index contributed by atoms with van der Waals surface area (Å²) in [6.45, 7) is 3.33. The number of aromatic amines is 1. The minimum absolute atomic E-state index is 0.122. The molecule has 0 spiro atoms. The minimum atomic E-state index is -1.05. The number of H-pyrrole nitrogens is 1. The molecule has 0 aliphatic carbocycles. The standard InChI is InChI=1S/C11H12N4O3S/c1-5-4-7(16)13-11(12-5)19-9-8(10(17)18)6(2)14-15(9)3/h4H,1-3H3,(H,17,18)(H,12,13,16). The van der Waals surface area contributed by atoms with Gasteiger partial charge in [0.25, 0.3) is 5.56 Å². The van der Waals surface area contributed by atoms with Gasteiger partial charge in [0.2, 0.25) is 0 Å². The van der Waals surface area contributed by atoms with Crippen LogP contribution in [0.1, 0.15) is 21.7 Å². The van der Waals surface area contributed by atoms with Crippen molar-refractivity contribution < 1.29 is 9.90 Å². The summed E-state index contributed by atoms with van der Waals surface area (Å²) in [5.74, 6) is -1.05. The van der Waals surface area contributed by atoms with E-state index in [0.717, 1.165) is 11.8 Å². The molecule has 2 aromatic heterocycles. The lowest BCUT2D eigenvalue weighted by Crippen LogP contribution is -2.09. The van der Waals surface area contributed by atoms with E-state index < -0.39 is 5.97 Å². The summed E-state index contributed by atoms with van der Waals surface area (Å²) in [4.78, 5) is 29.3. The number of hydrogen-bond donors (Lipinski definition) is 2. The number of aromatic nitrogens is 4. The van der Waals surface area contributed by atoms with Gasteiger partial charge in [-0.1, -0.05) is 0 Å².